The summed E-state index contributed by atoms with van der Waals surface area (Å²) in [5, 5.41) is 7.79. The first-order chi connectivity index (χ1) is 12.3. The zero-order chi connectivity index (χ0) is 17.5. The van der Waals surface area contributed by atoms with Gasteiger partial charge in [0.1, 0.15) is 0 Å². The SMILES string of the molecule is CN=C(NCc1ccccc1Cn1cccn1)N(C)CC1CCOC1. The van der Waals surface area contributed by atoms with Crippen LogP contribution in [0.3, 0.4) is 0 Å². The molecule has 1 unspecified atom stereocenters. The Bertz CT molecular complexity index is 677. The highest BCUT2D eigenvalue weighted by Crippen LogP contribution is 2.14. The number of nitrogens with zero attached hydrogens (tertiary/aromatic N) is 4. The number of hydrogen-bond acceptors (Lipinski definition) is 3. The minimum absolute atomic E-state index is 0.593. The molecule has 0 amide bonds. The number of benzene rings is 1. The first-order valence-electron chi connectivity index (χ1n) is 8.80. The molecule has 3 rings (SSSR count). The molecule has 25 heavy (non-hydrogen) atoms. The van der Waals surface area contributed by atoms with Crippen LogP contribution in [0.2, 0.25) is 0 Å². The fraction of sp³-hybridized carbons (Fsp3) is 0.474. The van der Waals surface area contributed by atoms with Crippen LogP contribution in [-0.2, 0) is 17.8 Å². The molecule has 1 saturated heterocycles. The second kappa shape index (κ2) is 8.67. The van der Waals surface area contributed by atoms with Gasteiger partial charge in [-0.15, -0.1) is 0 Å². The predicted molar refractivity (Wildman–Crippen MR) is 99.5 cm³/mol. The van der Waals surface area contributed by atoms with E-state index in [1.165, 1.54) is 11.1 Å². The maximum absolute atomic E-state index is 5.47. The number of hydrogen-bond donors (Lipinski definition) is 1. The van der Waals surface area contributed by atoms with Crippen LogP contribution in [0.5, 0.6) is 0 Å². The summed E-state index contributed by atoms with van der Waals surface area (Å²) in [6.07, 6.45) is 4.93. The van der Waals surface area contributed by atoms with Gasteiger partial charge in [-0.05, 0) is 23.6 Å². The van der Waals surface area contributed by atoms with Gasteiger partial charge in [0.2, 0.25) is 0 Å². The van der Waals surface area contributed by atoms with Crippen LogP contribution < -0.4 is 5.32 Å². The lowest BCUT2D eigenvalue weighted by molar-refractivity contribution is 0.181. The Labute approximate surface area is 149 Å². The molecule has 0 spiro atoms. The Morgan fingerprint density at radius 3 is 2.88 bits per heavy atom. The molecular weight excluding hydrogens is 314 g/mol. The van der Waals surface area contributed by atoms with E-state index in [9.17, 15) is 0 Å². The van der Waals surface area contributed by atoms with Crippen molar-refractivity contribution in [2.75, 3.05) is 33.9 Å². The third-order valence-electron chi connectivity index (χ3n) is 4.58. The molecule has 1 fully saturated rings. The number of ether oxygens (including phenoxy) is 1. The van der Waals surface area contributed by atoms with Crippen molar-refractivity contribution >= 4 is 5.96 Å². The fourth-order valence-electron chi connectivity index (χ4n) is 3.21. The quantitative estimate of drug-likeness (QED) is 0.645. The van der Waals surface area contributed by atoms with Gasteiger partial charge in [0.05, 0.1) is 13.2 Å². The largest absolute Gasteiger partial charge is 0.381 e. The van der Waals surface area contributed by atoms with Crippen molar-refractivity contribution in [3.8, 4) is 0 Å². The van der Waals surface area contributed by atoms with Crippen molar-refractivity contribution < 1.29 is 4.74 Å². The molecule has 1 aromatic heterocycles. The van der Waals surface area contributed by atoms with Crippen molar-refractivity contribution in [1.82, 2.24) is 20.0 Å². The van der Waals surface area contributed by atoms with Gasteiger partial charge in [-0.3, -0.25) is 9.67 Å². The molecule has 0 radical (unpaired) electrons. The van der Waals surface area contributed by atoms with Crippen molar-refractivity contribution in [3.63, 3.8) is 0 Å². The highest BCUT2D eigenvalue weighted by molar-refractivity contribution is 5.79. The number of rotatable bonds is 6. The van der Waals surface area contributed by atoms with Crippen LogP contribution in [0.25, 0.3) is 0 Å². The molecule has 0 bridgehead atoms. The highest BCUT2D eigenvalue weighted by atomic mass is 16.5. The summed E-state index contributed by atoms with van der Waals surface area (Å²) in [4.78, 5) is 6.61. The third-order valence-corrected chi connectivity index (χ3v) is 4.58. The van der Waals surface area contributed by atoms with Crippen LogP contribution in [0.15, 0.2) is 47.7 Å². The Morgan fingerprint density at radius 2 is 2.20 bits per heavy atom. The minimum Gasteiger partial charge on any atom is -0.381 e. The number of aromatic nitrogens is 2. The molecule has 6 nitrogen and oxygen atoms in total. The van der Waals surface area contributed by atoms with E-state index in [4.69, 9.17) is 4.74 Å². The van der Waals surface area contributed by atoms with Gasteiger partial charge >= 0.3 is 0 Å². The molecule has 134 valence electrons. The van der Waals surface area contributed by atoms with Gasteiger partial charge < -0.3 is 15.0 Å². The molecule has 1 aliphatic heterocycles. The van der Waals surface area contributed by atoms with Gasteiger partial charge in [0.15, 0.2) is 5.96 Å². The summed E-state index contributed by atoms with van der Waals surface area (Å²) < 4.78 is 7.42. The molecule has 1 N–H and O–H groups in total. The molecular formula is C19H27N5O. The average Bonchev–Trinajstić information content (AvgIpc) is 3.31. The third kappa shape index (κ3) is 4.82. The van der Waals surface area contributed by atoms with Gasteiger partial charge in [0, 0.05) is 52.1 Å². The lowest BCUT2D eigenvalue weighted by atomic mass is 10.1. The summed E-state index contributed by atoms with van der Waals surface area (Å²) >= 11 is 0. The summed E-state index contributed by atoms with van der Waals surface area (Å²) in [5.41, 5.74) is 2.53. The lowest BCUT2D eigenvalue weighted by Gasteiger charge is -2.25. The van der Waals surface area contributed by atoms with Crippen LogP contribution in [-0.4, -0.2) is 54.5 Å². The van der Waals surface area contributed by atoms with Crippen LogP contribution in [0.1, 0.15) is 17.5 Å². The summed E-state index contributed by atoms with van der Waals surface area (Å²) in [5.74, 6) is 1.51. The van der Waals surface area contributed by atoms with Gasteiger partial charge in [-0.25, -0.2) is 0 Å². The zero-order valence-electron chi connectivity index (χ0n) is 15.1. The van der Waals surface area contributed by atoms with E-state index in [1.54, 1.807) is 0 Å². The van der Waals surface area contributed by atoms with Crippen molar-refractivity contribution in [3.05, 3.63) is 53.9 Å². The molecule has 2 heterocycles. The molecule has 6 heteroatoms. The number of guanidine groups is 1. The van der Waals surface area contributed by atoms with Crippen LogP contribution in [0, 0.1) is 5.92 Å². The second-order valence-corrected chi connectivity index (χ2v) is 6.48. The standard InChI is InChI=1S/C19H27N5O/c1-20-19(23(2)13-16-8-11-25-15-16)21-12-17-6-3-4-7-18(17)14-24-10-5-9-22-24/h3-7,9-10,16H,8,11-15H2,1-2H3,(H,20,21). The van der Waals surface area contributed by atoms with Gasteiger partial charge in [-0.1, -0.05) is 24.3 Å². The van der Waals surface area contributed by atoms with Gasteiger partial charge in [0.25, 0.3) is 0 Å². The first kappa shape index (κ1) is 17.5. The van der Waals surface area contributed by atoms with E-state index in [0.29, 0.717) is 5.92 Å². The minimum atomic E-state index is 0.593. The van der Waals surface area contributed by atoms with Crippen molar-refractivity contribution in [2.24, 2.45) is 10.9 Å². The molecule has 1 aliphatic rings. The first-order valence-corrected chi connectivity index (χ1v) is 8.80. The molecule has 1 aromatic carbocycles. The van der Waals surface area contributed by atoms with E-state index in [-0.39, 0.29) is 0 Å². The Morgan fingerprint density at radius 1 is 1.36 bits per heavy atom. The molecule has 0 aliphatic carbocycles. The topological polar surface area (TPSA) is 54.7 Å². The Balaban J connectivity index is 1.59. The Kier molecular flexibility index (Phi) is 6.06. The Hall–Kier alpha value is -2.34. The van der Waals surface area contributed by atoms with Crippen LogP contribution >= 0.6 is 0 Å². The second-order valence-electron chi connectivity index (χ2n) is 6.48. The lowest BCUT2D eigenvalue weighted by Crippen LogP contribution is -2.41. The molecule has 1 atom stereocenters. The van der Waals surface area contributed by atoms with E-state index in [0.717, 1.165) is 45.2 Å². The van der Waals surface area contributed by atoms with E-state index in [1.807, 2.05) is 30.2 Å². The zero-order valence-corrected chi connectivity index (χ0v) is 15.1. The van der Waals surface area contributed by atoms with Crippen LogP contribution in [0.4, 0.5) is 0 Å². The van der Waals surface area contributed by atoms with Gasteiger partial charge in [-0.2, -0.15) is 5.10 Å². The number of aliphatic imine (C=N–C) groups is 1. The van der Waals surface area contributed by atoms with E-state index >= 15 is 0 Å². The summed E-state index contributed by atoms with van der Waals surface area (Å²) in [6.45, 7) is 4.22. The molecule has 0 saturated carbocycles. The maximum atomic E-state index is 5.47. The summed E-state index contributed by atoms with van der Waals surface area (Å²) in [6, 6.07) is 10.4. The highest BCUT2D eigenvalue weighted by Gasteiger charge is 2.19. The van der Waals surface area contributed by atoms with E-state index in [2.05, 4.69) is 51.6 Å². The average molecular weight is 341 g/mol. The molecule has 2 aromatic rings. The predicted octanol–water partition coefficient (Wildman–Crippen LogP) is 1.98. The smallest absolute Gasteiger partial charge is 0.193 e. The van der Waals surface area contributed by atoms with E-state index < -0.39 is 0 Å². The monoisotopic (exact) mass is 341 g/mol. The van der Waals surface area contributed by atoms with Crippen molar-refractivity contribution in [1.29, 1.82) is 0 Å². The van der Waals surface area contributed by atoms with Crippen molar-refractivity contribution in [2.45, 2.75) is 19.5 Å². The fourth-order valence-corrected chi connectivity index (χ4v) is 3.21. The summed E-state index contributed by atoms with van der Waals surface area (Å²) in [7, 11) is 3.92. The number of nitrogens with one attached hydrogen (secondary N) is 1. The maximum Gasteiger partial charge on any atom is 0.193 e. The normalized spacial score (nSPS) is 17.7.